The zero-order valence-electron chi connectivity index (χ0n) is 43.2. The molecular weight excluding hydrogens is 821 g/mol. The summed E-state index contributed by atoms with van der Waals surface area (Å²) in [7, 11) is 0. The highest BCUT2D eigenvalue weighted by Crippen LogP contribution is 2.57. The SMILES string of the molecule is CC.CC.CC/C=C\C(=C(C)C)c1ccc(Nc2ccccc2)cc1C.CCC1(CC)c2ccccc2-c2c1cc(N(c1ccccc1)c1ccc(C3=C(C)CCC=C3)c(C)c1)c1ccccc21. The van der Waals surface area contributed by atoms with Gasteiger partial charge in [0.2, 0.25) is 0 Å². The molecule has 2 heteroatoms. The van der Waals surface area contributed by atoms with Crippen molar-refractivity contribution in [1.82, 2.24) is 0 Å². The molecule has 2 aliphatic rings. The van der Waals surface area contributed by atoms with E-state index < -0.39 is 0 Å². The number of aryl methyl sites for hydroxylation is 2. The predicted octanol–water partition coefficient (Wildman–Crippen LogP) is 20.4. The number of nitrogens with zero attached hydrogens (tertiary/aromatic N) is 1. The highest BCUT2D eigenvalue weighted by Gasteiger charge is 2.42. The van der Waals surface area contributed by atoms with E-state index in [1.165, 1.54) is 94.6 Å². The Morgan fingerprint density at radius 2 is 1.25 bits per heavy atom. The number of hydrogen-bond donors (Lipinski definition) is 1. The van der Waals surface area contributed by atoms with Crippen LogP contribution < -0.4 is 10.2 Å². The van der Waals surface area contributed by atoms with Crippen molar-refractivity contribution < 1.29 is 0 Å². The second kappa shape index (κ2) is 23.9. The van der Waals surface area contributed by atoms with E-state index in [9.17, 15) is 0 Å². The van der Waals surface area contributed by atoms with Gasteiger partial charge in [-0.3, -0.25) is 0 Å². The van der Waals surface area contributed by atoms with Crippen LogP contribution in [0.3, 0.4) is 0 Å². The molecule has 0 aliphatic heterocycles. The standard InChI is InChI=1S/C41H39N.C21H25N.2C2H6/c1-5-41(6-2)37-23-15-14-22-36(37)40-35-21-13-12-20-34(35)39(27-38(40)41)42(30-17-8-7-9-18-30)31-24-25-33(29(4)26-31)32-19-11-10-16-28(32)3;1-5-6-12-20(16(2)3)21-14-13-19(15-17(21)4)22-18-10-8-7-9-11-18;2*1-2/h7-9,11-15,17-27H,5-6,10,16H2,1-4H3;6-15,22H,5H2,1-4H3;2*1-2H3/b;12-6-;;. The van der Waals surface area contributed by atoms with Crippen LogP contribution in [0.25, 0.3) is 33.0 Å². The lowest BCUT2D eigenvalue weighted by molar-refractivity contribution is 0.491. The lowest BCUT2D eigenvalue weighted by atomic mass is 9.73. The average molecular weight is 897 g/mol. The van der Waals surface area contributed by atoms with Gasteiger partial charge in [0.05, 0.1) is 5.69 Å². The van der Waals surface area contributed by atoms with Gasteiger partial charge in [-0.2, -0.15) is 0 Å². The molecule has 7 aromatic carbocycles. The number of benzene rings is 7. The van der Waals surface area contributed by atoms with Gasteiger partial charge in [-0.1, -0.05) is 181 Å². The molecule has 68 heavy (non-hydrogen) atoms. The number of hydrogen-bond acceptors (Lipinski definition) is 2. The maximum atomic E-state index is 3.45. The molecule has 2 aliphatic carbocycles. The van der Waals surface area contributed by atoms with E-state index in [-0.39, 0.29) is 5.41 Å². The van der Waals surface area contributed by atoms with E-state index in [0.717, 1.165) is 43.5 Å². The molecule has 9 rings (SSSR count). The van der Waals surface area contributed by atoms with Gasteiger partial charge in [0.1, 0.15) is 0 Å². The van der Waals surface area contributed by atoms with Gasteiger partial charge in [0.15, 0.2) is 0 Å². The van der Waals surface area contributed by atoms with Crippen LogP contribution in [-0.4, -0.2) is 0 Å². The Bertz CT molecular complexity index is 2900. The van der Waals surface area contributed by atoms with Crippen molar-refractivity contribution in [1.29, 1.82) is 0 Å². The van der Waals surface area contributed by atoms with Crippen LogP contribution in [-0.2, 0) is 5.41 Å². The summed E-state index contributed by atoms with van der Waals surface area (Å²) in [5, 5.41) is 6.07. The highest BCUT2D eigenvalue weighted by molar-refractivity contribution is 6.10. The van der Waals surface area contributed by atoms with Gasteiger partial charge in [-0.25, -0.2) is 0 Å². The topological polar surface area (TPSA) is 15.3 Å². The van der Waals surface area contributed by atoms with E-state index in [4.69, 9.17) is 0 Å². The highest BCUT2D eigenvalue weighted by atomic mass is 15.1. The van der Waals surface area contributed by atoms with Gasteiger partial charge in [0.25, 0.3) is 0 Å². The summed E-state index contributed by atoms with van der Waals surface area (Å²) in [6.07, 6.45) is 14.6. The Hall–Kier alpha value is -6.64. The Balaban J connectivity index is 0.000000248. The third kappa shape index (κ3) is 10.6. The van der Waals surface area contributed by atoms with Crippen LogP contribution in [0.5, 0.6) is 0 Å². The first-order chi connectivity index (χ1) is 33.2. The zero-order chi connectivity index (χ0) is 48.8. The van der Waals surface area contributed by atoms with E-state index in [1.807, 2.05) is 45.9 Å². The monoisotopic (exact) mass is 897 g/mol. The number of fused-ring (bicyclic) bond motifs is 5. The van der Waals surface area contributed by atoms with Gasteiger partial charge in [-0.05, 0) is 182 Å². The molecule has 0 atom stereocenters. The molecule has 2 nitrogen and oxygen atoms in total. The minimum absolute atomic E-state index is 0.00413. The number of allylic oxidation sites excluding steroid dienone is 8. The van der Waals surface area contributed by atoms with Crippen LogP contribution in [0.2, 0.25) is 0 Å². The Labute approximate surface area is 410 Å². The molecule has 7 aromatic rings. The summed E-state index contributed by atoms with van der Waals surface area (Å²) < 4.78 is 0. The predicted molar refractivity (Wildman–Crippen MR) is 302 cm³/mol. The fraction of sp³-hybridized carbons (Fsp3) is 0.273. The van der Waals surface area contributed by atoms with E-state index in [1.54, 1.807) is 0 Å². The molecule has 0 amide bonds. The van der Waals surface area contributed by atoms with Gasteiger partial charge >= 0.3 is 0 Å². The molecular formula is C66H76N2. The molecule has 350 valence electrons. The second-order valence-corrected chi connectivity index (χ2v) is 17.7. The van der Waals surface area contributed by atoms with Crippen LogP contribution in [0, 0.1) is 13.8 Å². The number of para-hydroxylation sites is 2. The zero-order valence-corrected chi connectivity index (χ0v) is 43.2. The molecule has 0 saturated carbocycles. The summed E-state index contributed by atoms with van der Waals surface area (Å²) in [6, 6.07) is 55.4. The Morgan fingerprint density at radius 3 is 1.88 bits per heavy atom. The molecule has 0 heterocycles. The van der Waals surface area contributed by atoms with E-state index in [2.05, 4.69) is 223 Å². The lowest BCUT2D eigenvalue weighted by Gasteiger charge is -2.33. The third-order valence-corrected chi connectivity index (χ3v) is 13.5. The third-order valence-electron chi connectivity index (χ3n) is 13.5. The molecule has 0 fully saturated rings. The Morgan fingerprint density at radius 1 is 0.603 bits per heavy atom. The first-order valence-electron chi connectivity index (χ1n) is 25.4. The fourth-order valence-electron chi connectivity index (χ4n) is 10.2. The second-order valence-electron chi connectivity index (χ2n) is 17.7. The molecule has 0 bridgehead atoms. The normalized spacial score (nSPS) is 13.0. The summed E-state index contributed by atoms with van der Waals surface area (Å²) >= 11 is 0. The molecule has 0 aromatic heterocycles. The largest absolute Gasteiger partial charge is 0.356 e. The summed E-state index contributed by atoms with van der Waals surface area (Å²) in [4.78, 5) is 2.48. The quantitative estimate of drug-likeness (QED) is 0.130. The summed E-state index contributed by atoms with van der Waals surface area (Å²) in [5.74, 6) is 0. The lowest BCUT2D eigenvalue weighted by Crippen LogP contribution is -2.23. The average Bonchev–Trinajstić information content (AvgIpc) is 3.67. The van der Waals surface area contributed by atoms with Crippen molar-refractivity contribution in [3.8, 4) is 11.1 Å². The molecule has 1 N–H and O–H groups in total. The number of rotatable bonds is 11. The van der Waals surface area contributed by atoms with Crippen LogP contribution in [0.4, 0.5) is 28.4 Å². The van der Waals surface area contributed by atoms with Gasteiger partial charge < -0.3 is 10.2 Å². The number of nitrogens with one attached hydrogen (secondary N) is 1. The first kappa shape index (κ1) is 50.8. The van der Waals surface area contributed by atoms with Crippen molar-refractivity contribution in [2.45, 2.75) is 121 Å². The van der Waals surface area contributed by atoms with Crippen molar-refractivity contribution in [2.75, 3.05) is 10.2 Å². The Kier molecular flexibility index (Phi) is 17.8. The fourth-order valence-corrected chi connectivity index (χ4v) is 10.2. The minimum atomic E-state index is 0.00413. The van der Waals surface area contributed by atoms with Gasteiger partial charge in [0, 0.05) is 33.6 Å². The van der Waals surface area contributed by atoms with Crippen molar-refractivity contribution in [3.05, 3.63) is 220 Å². The number of anilines is 5. The summed E-state index contributed by atoms with van der Waals surface area (Å²) in [6.45, 7) is 25.9. The van der Waals surface area contributed by atoms with Crippen molar-refractivity contribution in [3.63, 3.8) is 0 Å². The summed E-state index contributed by atoms with van der Waals surface area (Å²) in [5.41, 5.74) is 22.4. The molecule has 0 saturated heterocycles. The maximum absolute atomic E-state index is 3.45. The van der Waals surface area contributed by atoms with Crippen LogP contribution in [0.1, 0.15) is 135 Å². The molecule has 0 radical (unpaired) electrons. The van der Waals surface area contributed by atoms with E-state index in [0.29, 0.717) is 0 Å². The first-order valence-corrected chi connectivity index (χ1v) is 25.4. The molecule has 0 spiro atoms. The minimum Gasteiger partial charge on any atom is -0.356 e. The maximum Gasteiger partial charge on any atom is 0.0543 e. The molecule has 0 unspecified atom stereocenters. The van der Waals surface area contributed by atoms with Crippen LogP contribution in [0.15, 0.2) is 187 Å². The smallest absolute Gasteiger partial charge is 0.0543 e. The van der Waals surface area contributed by atoms with Gasteiger partial charge in [-0.15, -0.1) is 0 Å². The van der Waals surface area contributed by atoms with Crippen LogP contribution >= 0.6 is 0 Å². The van der Waals surface area contributed by atoms with Crippen molar-refractivity contribution >= 4 is 50.4 Å². The van der Waals surface area contributed by atoms with E-state index >= 15 is 0 Å². The van der Waals surface area contributed by atoms with Crippen molar-refractivity contribution in [2.24, 2.45) is 0 Å².